The summed E-state index contributed by atoms with van der Waals surface area (Å²) in [6, 6.07) is 6.64. The molecule has 0 unspecified atom stereocenters. The van der Waals surface area contributed by atoms with Crippen LogP contribution in [0.5, 0.6) is 0 Å². The van der Waals surface area contributed by atoms with Crippen LogP contribution in [-0.4, -0.2) is 49.1 Å². The maximum atomic E-state index is 12.5. The van der Waals surface area contributed by atoms with E-state index in [0.29, 0.717) is 30.1 Å². The fraction of sp³-hybridized carbons (Fsp3) is 0.500. The highest BCUT2D eigenvalue weighted by atomic mass is 32.2. The molecule has 0 aliphatic carbocycles. The summed E-state index contributed by atoms with van der Waals surface area (Å²) in [4.78, 5) is 26.5. The van der Waals surface area contributed by atoms with Gasteiger partial charge < -0.3 is 4.90 Å². The smallest absolute Gasteiger partial charge is 0.268 e. The Balaban J connectivity index is 1.79. The number of piperidine rings is 1. The van der Waals surface area contributed by atoms with Crippen molar-refractivity contribution in [2.45, 2.75) is 25.5 Å². The van der Waals surface area contributed by atoms with Gasteiger partial charge >= 0.3 is 0 Å². The van der Waals surface area contributed by atoms with Crippen molar-refractivity contribution in [2.75, 3.05) is 19.6 Å². The van der Waals surface area contributed by atoms with Crippen molar-refractivity contribution < 1.29 is 18.0 Å². The molecule has 2 aliphatic heterocycles. The van der Waals surface area contributed by atoms with Gasteiger partial charge in [0.25, 0.3) is 5.91 Å². The van der Waals surface area contributed by atoms with Crippen molar-refractivity contribution in [3.05, 3.63) is 35.4 Å². The monoisotopic (exact) mass is 336 g/mol. The Labute approximate surface area is 136 Å². The van der Waals surface area contributed by atoms with Crippen molar-refractivity contribution in [1.29, 1.82) is 0 Å². The van der Waals surface area contributed by atoms with E-state index in [4.69, 9.17) is 0 Å². The van der Waals surface area contributed by atoms with Crippen LogP contribution in [0.2, 0.25) is 0 Å². The van der Waals surface area contributed by atoms with E-state index in [2.05, 4.69) is 6.92 Å². The van der Waals surface area contributed by atoms with Gasteiger partial charge in [0.05, 0.1) is 5.75 Å². The molecule has 0 atom stereocenters. The average molecular weight is 336 g/mol. The lowest BCUT2D eigenvalue weighted by atomic mass is 9.99. The number of carbonyl (C=O) groups is 2. The third kappa shape index (κ3) is 3.10. The molecule has 1 aromatic rings. The van der Waals surface area contributed by atoms with E-state index in [9.17, 15) is 18.0 Å². The summed E-state index contributed by atoms with van der Waals surface area (Å²) in [6.07, 6.45) is 1.82. The normalized spacial score (nSPS) is 21.2. The second kappa shape index (κ2) is 5.96. The highest BCUT2D eigenvalue weighted by Crippen LogP contribution is 2.25. The largest absolute Gasteiger partial charge is 0.341 e. The lowest BCUT2D eigenvalue weighted by molar-refractivity contribution is -0.132. The molecular weight excluding hydrogens is 316 g/mol. The molecule has 3 rings (SSSR count). The van der Waals surface area contributed by atoms with Gasteiger partial charge in [0.1, 0.15) is 6.54 Å². The molecule has 1 fully saturated rings. The highest BCUT2D eigenvalue weighted by Gasteiger charge is 2.37. The Morgan fingerprint density at radius 2 is 1.87 bits per heavy atom. The molecule has 7 heteroatoms. The van der Waals surface area contributed by atoms with Gasteiger partial charge in [-0.3, -0.25) is 9.59 Å². The number of nitrogens with zero attached hydrogens (tertiary/aromatic N) is 2. The van der Waals surface area contributed by atoms with Crippen LogP contribution < -0.4 is 0 Å². The Kier molecular flexibility index (Phi) is 4.14. The third-order valence-electron chi connectivity index (χ3n) is 4.56. The van der Waals surface area contributed by atoms with Gasteiger partial charge in [0.15, 0.2) is 0 Å². The zero-order chi connectivity index (χ0) is 16.6. The molecule has 1 aromatic carbocycles. The number of hydrogen-bond donors (Lipinski definition) is 0. The summed E-state index contributed by atoms with van der Waals surface area (Å²) in [6.45, 7) is 2.98. The number of benzene rings is 1. The number of sulfonamides is 1. The van der Waals surface area contributed by atoms with Crippen molar-refractivity contribution >= 4 is 21.8 Å². The predicted octanol–water partition coefficient (Wildman–Crippen LogP) is 1.23. The summed E-state index contributed by atoms with van der Waals surface area (Å²) in [7, 11) is -3.79. The van der Waals surface area contributed by atoms with Crippen LogP contribution in [0, 0.1) is 5.92 Å². The van der Waals surface area contributed by atoms with Crippen molar-refractivity contribution in [1.82, 2.24) is 9.21 Å². The minimum Gasteiger partial charge on any atom is -0.341 e. The number of fused-ring (bicyclic) bond motifs is 1. The first kappa shape index (κ1) is 16.0. The molecule has 0 saturated carbocycles. The van der Waals surface area contributed by atoms with Gasteiger partial charge in [-0.2, -0.15) is 0 Å². The van der Waals surface area contributed by atoms with Crippen LogP contribution in [0.4, 0.5) is 0 Å². The number of rotatable bonds is 2. The lowest BCUT2D eigenvalue weighted by Crippen LogP contribution is -2.49. The van der Waals surface area contributed by atoms with Gasteiger partial charge in [-0.1, -0.05) is 25.1 Å². The zero-order valence-corrected chi connectivity index (χ0v) is 13.9. The minimum absolute atomic E-state index is 0.237. The minimum atomic E-state index is -3.79. The Morgan fingerprint density at radius 3 is 2.57 bits per heavy atom. The Hall–Kier alpha value is -1.89. The zero-order valence-electron chi connectivity index (χ0n) is 13.1. The van der Waals surface area contributed by atoms with Crippen LogP contribution >= 0.6 is 0 Å². The standard InChI is InChI=1S/C16H20N2O4S/c1-12-6-8-17(9-7-12)15(19)10-18-16(20)14-5-3-2-4-13(14)11-23(18,21)22/h2-5,12H,6-11H2,1H3. The van der Waals surface area contributed by atoms with E-state index >= 15 is 0 Å². The summed E-state index contributed by atoms with van der Waals surface area (Å²) in [5.74, 6) is -0.566. The molecule has 0 aromatic heterocycles. The van der Waals surface area contributed by atoms with E-state index in [1.165, 1.54) is 0 Å². The molecule has 6 nitrogen and oxygen atoms in total. The van der Waals surface area contributed by atoms with Crippen LogP contribution in [0.3, 0.4) is 0 Å². The number of amides is 2. The molecule has 0 spiro atoms. The average Bonchev–Trinajstić information content (AvgIpc) is 2.51. The van der Waals surface area contributed by atoms with Crippen LogP contribution in [0.1, 0.15) is 35.7 Å². The second-order valence-electron chi connectivity index (χ2n) is 6.29. The SMILES string of the molecule is CC1CCN(C(=O)CN2C(=O)c3ccccc3CS2(=O)=O)CC1. The fourth-order valence-corrected chi connectivity index (χ4v) is 4.50. The molecule has 0 N–H and O–H groups in total. The van der Waals surface area contributed by atoms with Gasteiger partial charge in [-0.15, -0.1) is 0 Å². The third-order valence-corrected chi connectivity index (χ3v) is 6.21. The van der Waals surface area contributed by atoms with Gasteiger partial charge in [-0.05, 0) is 30.4 Å². The molecule has 0 bridgehead atoms. The molecule has 23 heavy (non-hydrogen) atoms. The quantitative estimate of drug-likeness (QED) is 0.814. The van der Waals surface area contributed by atoms with Crippen LogP contribution in [0.15, 0.2) is 24.3 Å². The van der Waals surface area contributed by atoms with Crippen LogP contribution in [0.25, 0.3) is 0 Å². The van der Waals surface area contributed by atoms with E-state index in [1.807, 2.05) is 0 Å². The van der Waals surface area contributed by atoms with E-state index < -0.39 is 22.5 Å². The molecule has 2 heterocycles. The second-order valence-corrected chi connectivity index (χ2v) is 8.18. The Morgan fingerprint density at radius 1 is 1.22 bits per heavy atom. The highest BCUT2D eigenvalue weighted by molar-refractivity contribution is 7.89. The molecule has 2 aliphatic rings. The van der Waals surface area contributed by atoms with Gasteiger partial charge in [0.2, 0.25) is 15.9 Å². The van der Waals surface area contributed by atoms with E-state index in [1.54, 1.807) is 29.2 Å². The lowest BCUT2D eigenvalue weighted by Gasteiger charge is -2.33. The number of hydrogen-bond acceptors (Lipinski definition) is 4. The molecule has 0 radical (unpaired) electrons. The fourth-order valence-electron chi connectivity index (χ4n) is 3.04. The molecule has 2 amide bonds. The van der Waals surface area contributed by atoms with Crippen molar-refractivity contribution in [2.24, 2.45) is 5.92 Å². The number of carbonyl (C=O) groups excluding carboxylic acids is 2. The topological polar surface area (TPSA) is 74.8 Å². The van der Waals surface area contributed by atoms with E-state index in [0.717, 1.165) is 17.1 Å². The molecular formula is C16H20N2O4S. The maximum Gasteiger partial charge on any atom is 0.268 e. The Bertz CT molecular complexity index is 736. The van der Waals surface area contributed by atoms with E-state index in [-0.39, 0.29) is 11.7 Å². The maximum absolute atomic E-state index is 12.5. The number of likely N-dealkylation sites (tertiary alicyclic amines) is 1. The first-order chi connectivity index (χ1) is 10.9. The van der Waals surface area contributed by atoms with Crippen LogP contribution in [-0.2, 0) is 20.6 Å². The molecule has 1 saturated heterocycles. The molecule has 124 valence electrons. The van der Waals surface area contributed by atoms with Crippen molar-refractivity contribution in [3.8, 4) is 0 Å². The summed E-state index contributed by atoms with van der Waals surface area (Å²) in [5.41, 5.74) is 0.857. The van der Waals surface area contributed by atoms with Gasteiger partial charge in [0, 0.05) is 18.7 Å². The predicted molar refractivity (Wildman–Crippen MR) is 85.1 cm³/mol. The summed E-state index contributed by atoms with van der Waals surface area (Å²) >= 11 is 0. The van der Waals surface area contributed by atoms with Gasteiger partial charge in [-0.25, -0.2) is 12.7 Å². The first-order valence-electron chi connectivity index (χ1n) is 7.79. The first-order valence-corrected chi connectivity index (χ1v) is 9.40. The summed E-state index contributed by atoms with van der Waals surface area (Å²) in [5, 5.41) is 0. The summed E-state index contributed by atoms with van der Waals surface area (Å²) < 4.78 is 25.5. The van der Waals surface area contributed by atoms with Crippen molar-refractivity contribution in [3.63, 3.8) is 0 Å².